The van der Waals surface area contributed by atoms with Gasteiger partial charge >= 0.3 is 0 Å². The molecule has 1 atom stereocenters. The Morgan fingerprint density at radius 3 is 2.17 bits per heavy atom. The maximum atomic E-state index is 13.7. The van der Waals surface area contributed by atoms with Gasteiger partial charge in [0.25, 0.3) is 0 Å². The highest BCUT2D eigenvalue weighted by Crippen LogP contribution is 2.25. The Hall–Kier alpha value is -2.01. The molecule has 0 aliphatic carbocycles. The molecular weight excluding hydrogens is 314 g/mol. The topological polar surface area (TPSA) is 24.1 Å². The minimum Gasteiger partial charge on any atom is -0.355 e. The first-order chi connectivity index (χ1) is 10.9. The van der Waals surface area contributed by atoms with Gasteiger partial charge in [-0.3, -0.25) is 0 Å². The molecule has 2 rings (SSSR count). The number of para-hydroxylation sites is 1. The number of rotatable bonds is 4. The molecule has 122 valence electrons. The van der Waals surface area contributed by atoms with Crippen LogP contribution in [0, 0.1) is 24.5 Å². The van der Waals surface area contributed by atoms with Gasteiger partial charge in [0.15, 0.2) is 5.11 Å². The molecule has 0 heterocycles. The van der Waals surface area contributed by atoms with E-state index in [1.54, 1.807) is 0 Å². The van der Waals surface area contributed by atoms with Gasteiger partial charge in [-0.2, -0.15) is 0 Å². The molecule has 0 aliphatic rings. The van der Waals surface area contributed by atoms with Crippen LogP contribution in [0.3, 0.4) is 0 Å². The van der Waals surface area contributed by atoms with Crippen LogP contribution in [0.25, 0.3) is 0 Å². The van der Waals surface area contributed by atoms with Crippen LogP contribution in [0.4, 0.5) is 14.5 Å². The number of thiocarbonyl (C=S) groups is 1. The van der Waals surface area contributed by atoms with Crippen molar-refractivity contribution < 1.29 is 8.78 Å². The first-order valence-electron chi connectivity index (χ1n) is 7.47. The lowest BCUT2D eigenvalue weighted by atomic mass is 9.93. The Morgan fingerprint density at radius 1 is 1.00 bits per heavy atom. The second-order valence-corrected chi connectivity index (χ2v) is 6.18. The number of nitrogens with one attached hydrogen (secondary N) is 2. The van der Waals surface area contributed by atoms with Crippen molar-refractivity contribution in [3.05, 3.63) is 65.2 Å². The van der Waals surface area contributed by atoms with Crippen molar-refractivity contribution in [2.75, 3.05) is 5.32 Å². The SMILES string of the molecule is Cc1ccccc1[C@H](NC(=S)Nc1c(F)cccc1F)C(C)C. The van der Waals surface area contributed by atoms with Crippen molar-refractivity contribution in [2.24, 2.45) is 5.92 Å². The molecule has 0 fully saturated rings. The van der Waals surface area contributed by atoms with Crippen LogP contribution in [0.15, 0.2) is 42.5 Å². The van der Waals surface area contributed by atoms with E-state index in [1.165, 1.54) is 18.2 Å². The van der Waals surface area contributed by atoms with Gasteiger partial charge < -0.3 is 10.6 Å². The number of hydrogen-bond acceptors (Lipinski definition) is 1. The molecule has 0 spiro atoms. The van der Waals surface area contributed by atoms with Crippen LogP contribution >= 0.6 is 12.2 Å². The molecule has 2 aromatic carbocycles. The summed E-state index contributed by atoms with van der Waals surface area (Å²) < 4.78 is 27.4. The van der Waals surface area contributed by atoms with Gasteiger partial charge in [0.2, 0.25) is 0 Å². The summed E-state index contributed by atoms with van der Waals surface area (Å²) in [5.74, 6) is -1.10. The van der Waals surface area contributed by atoms with E-state index in [1.807, 2.05) is 31.2 Å². The molecule has 0 aromatic heterocycles. The molecule has 23 heavy (non-hydrogen) atoms. The van der Waals surface area contributed by atoms with Crippen molar-refractivity contribution in [3.8, 4) is 0 Å². The lowest BCUT2D eigenvalue weighted by molar-refractivity contribution is 0.471. The van der Waals surface area contributed by atoms with Gasteiger partial charge in [-0.15, -0.1) is 0 Å². The van der Waals surface area contributed by atoms with E-state index in [4.69, 9.17) is 12.2 Å². The number of hydrogen-bond donors (Lipinski definition) is 2. The van der Waals surface area contributed by atoms with Crippen LogP contribution in [0.5, 0.6) is 0 Å². The van der Waals surface area contributed by atoms with E-state index in [0.717, 1.165) is 11.1 Å². The minimum atomic E-state index is -0.675. The normalized spacial score (nSPS) is 12.1. The standard InChI is InChI=1S/C18H20F2N2S/c1-11(2)16(13-8-5-4-7-12(13)3)21-18(23)22-17-14(19)9-6-10-15(17)20/h4-11,16H,1-3H3,(H2,21,22,23)/t16-/m1/s1. The fraction of sp³-hybridized carbons (Fsp3) is 0.278. The summed E-state index contributed by atoms with van der Waals surface area (Å²) >= 11 is 5.24. The zero-order valence-electron chi connectivity index (χ0n) is 13.4. The van der Waals surface area contributed by atoms with E-state index >= 15 is 0 Å². The van der Waals surface area contributed by atoms with Gasteiger partial charge in [-0.1, -0.05) is 44.2 Å². The van der Waals surface area contributed by atoms with Crippen molar-refractivity contribution in [2.45, 2.75) is 26.8 Å². The molecule has 0 unspecified atom stereocenters. The van der Waals surface area contributed by atoms with E-state index in [2.05, 4.69) is 24.5 Å². The highest BCUT2D eigenvalue weighted by atomic mass is 32.1. The highest BCUT2D eigenvalue weighted by molar-refractivity contribution is 7.80. The number of halogens is 2. The highest BCUT2D eigenvalue weighted by Gasteiger charge is 2.19. The summed E-state index contributed by atoms with van der Waals surface area (Å²) in [5, 5.41) is 5.98. The zero-order chi connectivity index (χ0) is 17.0. The maximum absolute atomic E-state index is 13.7. The quantitative estimate of drug-likeness (QED) is 0.773. The predicted octanol–water partition coefficient (Wildman–Crippen LogP) is 4.96. The molecule has 2 aromatic rings. The van der Waals surface area contributed by atoms with Crippen molar-refractivity contribution in [1.82, 2.24) is 5.32 Å². The summed E-state index contributed by atoms with van der Waals surface area (Å²) in [5.41, 5.74) is 2.01. The molecule has 0 radical (unpaired) electrons. The van der Waals surface area contributed by atoms with Crippen molar-refractivity contribution in [1.29, 1.82) is 0 Å². The minimum absolute atomic E-state index is 0.0500. The molecule has 0 amide bonds. The fourth-order valence-electron chi connectivity index (χ4n) is 2.45. The largest absolute Gasteiger partial charge is 0.355 e. The zero-order valence-corrected chi connectivity index (χ0v) is 14.2. The summed E-state index contributed by atoms with van der Waals surface area (Å²) in [7, 11) is 0. The summed E-state index contributed by atoms with van der Waals surface area (Å²) in [4.78, 5) is 0. The molecule has 2 nitrogen and oxygen atoms in total. The summed E-state index contributed by atoms with van der Waals surface area (Å²) in [6, 6.07) is 11.6. The van der Waals surface area contributed by atoms with Gasteiger partial charge in [0.05, 0.1) is 6.04 Å². The van der Waals surface area contributed by atoms with Crippen LogP contribution in [0.1, 0.15) is 31.0 Å². The molecule has 5 heteroatoms. The Kier molecular flexibility index (Phi) is 5.66. The molecule has 0 saturated carbocycles. The molecule has 0 saturated heterocycles. The lowest BCUT2D eigenvalue weighted by Gasteiger charge is -2.26. The Labute approximate surface area is 140 Å². The fourth-order valence-corrected chi connectivity index (χ4v) is 2.68. The van der Waals surface area contributed by atoms with Crippen LogP contribution in [-0.2, 0) is 0 Å². The third-order valence-corrected chi connectivity index (χ3v) is 3.90. The molecule has 2 N–H and O–H groups in total. The average Bonchev–Trinajstić information content (AvgIpc) is 2.49. The van der Waals surface area contributed by atoms with Gasteiger partial charge in [0, 0.05) is 0 Å². The first-order valence-corrected chi connectivity index (χ1v) is 7.88. The second kappa shape index (κ2) is 7.51. The third-order valence-electron chi connectivity index (χ3n) is 3.68. The van der Waals surface area contributed by atoms with Gasteiger partial charge in [-0.25, -0.2) is 8.78 Å². The van der Waals surface area contributed by atoms with Gasteiger partial charge in [0.1, 0.15) is 17.3 Å². The number of aryl methyl sites for hydroxylation is 1. The number of benzene rings is 2. The van der Waals surface area contributed by atoms with Gasteiger partial charge in [-0.05, 0) is 48.3 Å². The number of anilines is 1. The van der Waals surface area contributed by atoms with Crippen molar-refractivity contribution in [3.63, 3.8) is 0 Å². The first kappa shape index (κ1) is 17.3. The molecular formula is C18H20F2N2S. The Morgan fingerprint density at radius 2 is 1.61 bits per heavy atom. The predicted molar refractivity (Wildman–Crippen MR) is 94.5 cm³/mol. The lowest BCUT2D eigenvalue weighted by Crippen LogP contribution is -2.35. The van der Waals surface area contributed by atoms with Crippen LogP contribution < -0.4 is 10.6 Å². The Bertz CT molecular complexity index is 681. The Balaban J connectivity index is 2.18. The van der Waals surface area contributed by atoms with E-state index < -0.39 is 11.6 Å². The van der Waals surface area contributed by atoms with Crippen LogP contribution in [-0.4, -0.2) is 5.11 Å². The van der Waals surface area contributed by atoms with E-state index in [0.29, 0.717) is 0 Å². The molecule has 0 aliphatic heterocycles. The van der Waals surface area contributed by atoms with Crippen molar-refractivity contribution >= 4 is 23.0 Å². The summed E-state index contributed by atoms with van der Waals surface area (Å²) in [6.07, 6.45) is 0. The second-order valence-electron chi connectivity index (χ2n) is 5.77. The monoisotopic (exact) mass is 334 g/mol. The smallest absolute Gasteiger partial charge is 0.171 e. The van der Waals surface area contributed by atoms with E-state index in [-0.39, 0.29) is 22.8 Å². The van der Waals surface area contributed by atoms with E-state index in [9.17, 15) is 8.78 Å². The molecule has 0 bridgehead atoms. The summed E-state index contributed by atoms with van der Waals surface area (Å²) in [6.45, 7) is 6.16. The van der Waals surface area contributed by atoms with Crippen LogP contribution in [0.2, 0.25) is 0 Å². The third kappa shape index (κ3) is 4.26. The average molecular weight is 334 g/mol. The maximum Gasteiger partial charge on any atom is 0.171 e.